The van der Waals surface area contributed by atoms with E-state index in [1.165, 1.54) is 11.8 Å². The summed E-state index contributed by atoms with van der Waals surface area (Å²) in [6.45, 7) is 4.37. The second-order valence-corrected chi connectivity index (χ2v) is 5.67. The zero-order chi connectivity index (χ0) is 15.2. The molecular weight excluding hydrogens is 288 g/mol. The van der Waals surface area contributed by atoms with Crippen LogP contribution < -0.4 is 10.4 Å². The predicted octanol–water partition coefficient (Wildman–Crippen LogP) is 2.20. The predicted molar refractivity (Wildman–Crippen MR) is 80.6 cm³/mol. The zero-order valence-corrected chi connectivity index (χ0v) is 12.7. The molecule has 21 heavy (non-hydrogen) atoms. The molecule has 1 aromatic carbocycles. The van der Waals surface area contributed by atoms with E-state index in [1.807, 2.05) is 13.8 Å². The van der Waals surface area contributed by atoms with Crippen LogP contribution in [0.25, 0.3) is 0 Å². The average Bonchev–Trinajstić information content (AvgIpc) is 2.85. The van der Waals surface area contributed by atoms with Crippen LogP contribution in [0.2, 0.25) is 0 Å². The van der Waals surface area contributed by atoms with Gasteiger partial charge in [-0.05, 0) is 38.1 Å². The monoisotopic (exact) mass is 304 g/mol. The van der Waals surface area contributed by atoms with Gasteiger partial charge in [0.2, 0.25) is 0 Å². The fourth-order valence-electron chi connectivity index (χ4n) is 1.77. The lowest BCUT2D eigenvalue weighted by Gasteiger charge is -2.09. The van der Waals surface area contributed by atoms with Crippen molar-refractivity contribution in [3.05, 3.63) is 40.3 Å². The summed E-state index contributed by atoms with van der Waals surface area (Å²) in [5.41, 5.74) is 0.412. The molecule has 0 aliphatic rings. The van der Waals surface area contributed by atoms with Crippen LogP contribution in [0.1, 0.15) is 25.5 Å². The van der Waals surface area contributed by atoms with Gasteiger partial charge in [0, 0.05) is 11.8 Å². The van der Waals surface area contributed by atoms with Crippen molar-refractivity contribution >= 4 is 11.8 Å². The molecule has 0 radical (unpaired) electrons. The van der Waals surface area contributed by atoms with E-state index < -0.39 is 0 Å². The highest BCUT2D eigenvalue weighted by atomic mass is 32.2. The highest BCUT2D eigenvalue weighted by Gasteiger charge is 2.11. The summed E-state index contributed by atoms with van der Waals surface area (Å²) in [7, 11) is 0. The van der Waals surface area contributed by atoms with Gasteiger partial charge in [-0.1, -0.05) is 11.8 Å². The van der Waals surface area contributed by atoms with Crippen molar-refractivity contribution in [2.24, 2.45) is 0 Å². The van der Waals surface area contributed by atoms with E-state index in [-0.39, 0.29) is 11.7 Å². The number of rotatable bonds is 6. The lowest BCUT2D eigenvalue weighted by atomic mass is 10.2. The highest BCUT2D eigenvalue weighted by molar-refractivity contribution is 7.99. The second kappa shape index (κ2) is 6.99. The minimum absolute atomic E-state index is 0.0678. The Balaban J connectivity index is 1.85. The number of ether oxygens (including phenoxy) is 1. The fraction of sp³-hybridized carbons (Fsp3) is 0.357. The number of aromatic nitrogens is 3. The van der Waals surface area contributed by atoms with E-state index in [0.29, 0.717) is 23.1 Å². The van der Waals surface area contributed by atoms with Crippen LogP contribution in [0.4, 0.5) is 0 Å². The summed E-state index contributed by atoms with van der Waals surface area (Å²) >= 11 is 1.47. The summed E-state index contributed by atoms with van der Waals surface area (Å²) in [6, 6.07) is 9.09. The molecule has 0 aliphatic heterocycles. The topological polar surface area (TPSA) is 83.7 Å². The molecule has 0 unspecified atom stereocenters. The van der Waals surface area contributed by atoms with E-state index in [2.05, 4.69) is 16.3 Å². The molecule has 0 atom stereocenters. The number of hydrogen-bond donors (Lipinski definition) is 1. The minimum atomic E-state index is -0.194. The van der Waals surface area contributed by atoms with Crippen LogP contribution in [0, 0.1) is 11.3 Å². The van der Waals surface area contributed by atoms with Gasteiger partial charge >= 0.3 is 5.69 Å². The van der Waals surface area contributed by atoms with Crippen LogP contribution >= 0.6 is 11.8 Å². The number of nitrogens with one attached hydrogen (secondary N) is 1. The van der Waals surface area contributed by atoms with Gasteiger partial charge in [0.15, 0.2) is 5.16 Å². The van der Waals surface area contributed by atoms with Crippen molar-refractivity contribution in [3.8, 4) is 11.8 Å². The number of thioether (sulfide) groups is 1. The van der Waals surface area contributed by atoms with Crippen LogP contribution in [-0.2, 0) is 0 Å². The first kappa shape index (κ1) is 15.2. The molecular formula is C14H16N4O2S. The van der Waals surface area contributed by atoms with Gasteiger partial charge in [0.25, 0.3) is 0 Å². The summed E-state index contributed by atoms with van der Waals surface area (Å²) in [5, 5.41) is 15.8. The Morgan fingerprint density at radius 1 is 1.43 bits per heavy atom. The maximum absolute atomic E-state index is 11.6. The number of nitriles is 1. The number of nitrogens with zero attached hydrogens (tertiary/aromatic N) is 3. The molecule has 0 aliphatic carbocycles. The Morgan fingerprint density at radius 2 is 2.14 bits per heavy atom. The summed E-state index contributed by atoms with van der Waals surface area (Å²) in [6.07, 6.45) is 0. The van der Waals surface area contributed by atoms with Crippen molar-refractivity contribution in [3.63, 3.8) is 0 Å². The molecule has 0 spiro atoms. The van der Waals surface area contributed by atoms with Gasteiger partial charge in [0.1, 0.15) is 5.75 Å². The SMILES string of the molecule is CC(C)n1c(SCCOc2ccc(C#N)cc2)n[nH]c1=O. The Kier molecular flexibility index (Phi) is 5.06. The molecule has 6 nitrogen and oxygen atoms in total. The lowest BCUT2D eigenvalue weighted by molar-refractivity contribution is 0.343. The maximum Gasteiger partial charge on any atom is 0.344 e. The van der Waals surface area contributed by atoms with E-state index >= 15 is 0 Å². The van der Waals surface area contributed by atoms with Crippen LogP contribution in [0.15, 0.2) is 34.2 Å². The highest BCUT2D eigenvalue weighted by Crippen LogP contribution is 2.17. The first-order valence-corrected chi connectivity index (χ1v) is 7.53. The van der Waals surface area contributed by atoms with E-state index in [1.54, 1.807) is 28.8 Å². The summed E-state index contributed by atoms with van der Waals surface area (Å²) in [4.78, 5) is 11.6. The van der Waals surface area contributed by atoms with Gasteiger partial charge in [-0.3, -0.25) is 4.57 Å². The smallest absolute Gasteiger partial charge is 0.344 e. The minimum Gasteiger partial charge on any atom is -0.493 e. The molecule has 1 N–H and O–H groups in total. The first-order chi connectivity index (χ1) is 10.1. The number of benzene rings is 1. The maximum atomic E-state index is 11.6. The van der Waals surface area contributed by atoms with Crippen molar-refractivity contribution < 1.29 is 4.74 Å². The first-order valence-electron chi connectivity index (χ1n) is 6.54. The molecule has 2 aromatic rings. The third-order valence-electron chi connectivity index (χ3n) is 2.76. The molecule has 0 fully saturated rings. The van der Waals surface area contributed by atoms with Gasteiger partial charge in [-0.15, -0.1) is 5.10 Å². The number of hydrogen-bond acceptors (Lipinski definition) is 5. The lowest BCUT2D eigenvalue weighted by Crippen LogP contribution is -2.19. The van der Waals surface area contributed by atoms with Gasteiger partial charge < -0.3 is 4.74 Å². The van der Waals surface area contributed by atoms with E-state index in [0.717, 1.165) is 5.75 Å². The Morgan fingerprint density at radius 3 is 2.76 bits per heavy atom. The van der Waals surface area contributed by atoms with Crippen LogP contribution in [0.3, 0.4) is 0 Å². The Labute approximate surface area is 126 Å². The molecule has 2 rings (SSSR count). The summed E-state index contributed by atoms with van der Waals surface area (Å²) < 4.78 is 7.20. The van der Waals surface area contributed by atoms with E-state index in [4.69, 9.17) is 10.00 Å². The van der Waals surface area contributed by atoms with Gasteiger partial charge in [-0.2, -0.15) is 5.26 Å². The van der Waals surface area contributed by atoms with Crippen molar-refractivity contribution in [1.29, 1.82) is 5.26 Å². The van der Waals surface area contributed by atoms with Crippen molar-refractivity contribution in [2.75, 3.05) is 12.4 Å². The molecule has 7 heteroatoms. The van der Waals surface area contributed by atoms with E-state index in [9.17, 15) is 4.79 Å². The van der Waals surface area contributed by atoms with Crippen molar-refractivity contribution in [2.45, 2.75) is 25.0 Å². The zero-order valence-electron chi connectivity index (χ0n) is 11.9. The molecule has 0 saturated carbocycles. The number of aromatic amines is 1. The summed E-state index contributed by atoms with van der Waals surface area (Å²) in [5.74, 6) is 1.40. The number of H-pyrrole nitrogens is 1. The van der Waals surface area contributed by atoms with Gasteiger partial charge in [0.05, 0.1) is 18.2 Å². The largest absolute Gasteiger partial charge is 0.493 e. The average molecular weight is 304 g/mol. The molecule has 0 amide bonds. The molecule has 1 heterocycles. The quantitative estimate of drug-likeness (QED) is 0.653. The second-order valence-electron chi connectivity index (χ2n) is 4.61. The Bertz CT molecular complexity index is 682. The Hall–Kier alpha value is -2.20. The standard InChI is InChI=1S/C14H16N4O2S/c1-10(2)18-13(19)16-17-14(18)21-8-7-20-12-5-3-11(9-15)4-6-12/h3-6,10H,7-8H2,1-2H3,(H,16,19). The van der Waals surface area contributed by atoms with Crippen molar-refractivity contribution in [1.82, 2.24) is 14.8 Å². The third-order valence-corrected chi connectivity index (χ3v) is 3.67. The van der Waals surface area contributed by atoms with Crippen LogP contribution in [0.5, 0.6) is 5.75 Å². The van der Waals surface area contributed by atoms with Gasteiger partial charge in [-0.25, -0.2) is 9.89 Å². The molecule has 1 aromatic heterocycles. The van der Waals surface area contributed by atoms with Crippen LogP contribution in [-0.4, -0.2) is 27.1 Å². The molecule has 0 saturated heterocycles. The normalized spacial score (nSPS) is 10.6. The third kappa shape index (κ3) is 3.89. The molecule has 0 bridgehead atoms. The fourth-order valence-corrected chi connectivity index (χ4v) is 2.66. The molecule has 110 valence electrons.